The number of nitrogens with two attached hydrogens (primary N) is 1. The van der Waals surface area contributed by atoms with Crippen molar-refractivity contribution in [2.75, 3.05) is 5.73 Å². The SMILES string of the molecule is Nc1nc2cc(Cl)c(Cl)cc2n1-c1cccc(F)c1F. The van der Waals surface area contributed by atoms with Crippen molar-refractivity contribution in [3.05, 3.63) is 52.0 Å². The van der Waals surface area contributed by atoms with Crippen LogP contribution in [0.25, 0.3) is 16.7 Å². The second-order valence-electron chi connectivity index (χ2n) is 4.13. The van der Waals surface area contributed by atoms with Gasteiger partial charge in [0.05, 0.1) is 26.8 Å². The van der Waals surface area contributed by atoms with Crippen molar-refractivity contribution in [2.24, 2.45) is 0 Å². The van der Waals surface area contributed by atoms with Crippen LogP contribution >= 0.6 is 23.2 Å². The molecular formula is C13H7Cl2F2N3. The first-order chi connectivity index (χ1) is 9.49. The molecule has 1 aromatic heterocycles. The standard InChI is InChI=1S/C13H7Cl2F2N3/c14-6-4-9-11(5-7(6)15)20(13(18)19-9)10-3-1-2-8(16)12(10)17/h1-5H,(H2,18,19). The summed E-state index contributed by atoms with van der Waals surface area (Å²) in [5, 5.41) is 0.584. The first-order valence-electron chi connectivity index (χ1n) is 5.56. The maximum Gasteiger partial charge on any atom is 0.206 e. The topological polar surface area (TPSA) is 43.8 Å². The van der Waals surface area contributed by atoms with Gasteiger partial charge in [-0.25, -0.2) is 13.8 Å². The Morgan fingerprint density at radius 3 is 2.55 bits per heavy atom. The molecule has 2 aromatic carbocycles. The summed E-state index contributed by atoms with van der Waals surface area (Å²) in [5.41, 5.74) is 6.63. The van der Waals surface area contributed by atoms with Gasteiger partial charge in [-0.05, 0) is 24.3 Å². The van der Waals surface area contributed by atoms with Crippen molar-refractivity contribution in [2.45, 2.75) is 0 Å². The Labute approximate surface area is 122 Å². The molecule has 1 heterocycles. The first-order valence-corrected chi connectivity index (χ1v) is 6.32. The Morgan fingerprint density at radius 1 is 1.10 bits per heavy atom. The summed E-state index contributed by atoms with van der Waals surface area (Å²) in [5.74, 6) is -1.96. The average molecular weight is 314 g/mol. The van der Waals surface area contributed by atoms with Gasteiger partial charge in [0.15, 0.2) is 11.6 Å². The van der Waals surface area contributed by atoms with Crippen molar-refractivity contribution in [3.8, 4) is 5.69 Å². The molecule has 0 spiro atoms. The maximum atomic E-state index is 13.9. The number of nitrogens with zero attached hydrogens (tertiary/aromatic N) is 2. The second-order valence-corrected chi connectivity index (χ2v) is 4.95. The van der Waals surface area contributed by atoms with Crippen LogP contribution in [0.3, 0.4) is 0 Å². The highest BCUT2D eigenvalue weighted by Gasteiger charge is 2.17. The minimum Gasteiger partial charge on any atom is -0.369 e. The number of halogens is 4. The van der Waals surface area contributed by atoms with Crippen LogP contribution in [0.4, 0.5) is 14.7 Å². The van der Waals surface area contributed by atoms with Crippen molar-refractivity contribution < 1.29 is 8.78 Å². The summed E-state index contributed by atoms with van der Waals surface area (Å²) in [7, 11) is 0. The Hall–Kier alpha value is -1.85. The molecule has 3 rings (SSSR count). The minimum atomic E-state index is -1.01. The van der Waals surface area contributed by atoms with Crippen molar-refractivity contribution in [3.63, 3.8) is 0 Å². The largest absolute Gasteiger partial charge is 0.369 e. The highest BCUT2D eigenvalue weighted by Crippen LogP contribution is 2.31. The van der Waals surface area contributed by atoms with Gasteiger partial charge >= 0.3 is 0 Å². The zero-order valence-corrected chi connectivity index (χ0v) is 11.4. The molecular weight excluding hydrogens is 307 g/mol. The van der Waals surface area contributed by atoms with Gasteiger partial charge in [-0.15, -0.1) is 0 Å². The fraction of sp³-hybridized carbons (Fsp3) is 0. The molecule has 0 amide bonds. The quantitative estimate of drug-likeness (QED) is 0.732. The van der Waals surface area contributed by atoms with Gasteiger partial charge in [0.1, 0.15) is 0 Å². The van der Waals surface area contributed by atoms with E-state index in [0.29, 0.717) is 16.1 Å². The molecule has 0 radical (unpaired) electrons. The average Bonchev–Trinajstić information content (AvgIpc) is 2.69. The van der Waals surface area contributed by atoms with Gasteiger partial charge in [0.25, 0.3) is 0 Å². The summed E-state index contributed by atoms with van der Waals surface area (Å²) in [4.78, 5) is 4.07. The number of rotatable bonds is 1. The van der Waals surface area contributed by atoms with Crippen LogP contribution in [0, 0.1) is 11.6 Å². The number of imidazole rings is 1. The lowest BCUT2D eigenvalue weighted by Crippen LogP contribution is -2.04. The molecule has 0 unspecified atom stereocenters. The Balaban J connectivity index is 2.39. The van der Waals surface area contributed by atoms with Gasteiger partial charge < -0.3 is 5.73 Å². The van der Waals surface area contributed by atoms with E-state index in [-0.39, 0.29) is 16.7 Å². The van der Waals surface area contributed by atoms with Crippen LogP contribution in [0.15, 0.2) is 30.3 Å². The van der Waals surface area contributed by atoms with Crippen LogP contribution in [0.2, 0.25) is 10.0 Å². The van der Waals surface area contributed by atoms with Crippen molar-refractivity contribution in [1.29, 1.82) is 0 Å². The maximum absolute atomic E-state index is 13.9. The number of anilines is 1. The third kappa shape index (κ3) is 1.90. The van der Waals surface area contributed by atoms with Crippen LogP contribution in [-0.2, 0) is 0 Å². The summed E-state index contributed by atoms with van der Waals surface area (Å²) < 4.78 is 28.6. The molecule has 20 heavy (non-hydrogen) atoms. The number of nitrogen functional groups attached to an aromatic ring is 1. The predicted octanol–water partition coefficient (Wildman–Crippen LogP) is 4.19. The van der Waals surface area contributed by atoms with E-state index in [2.05, 4.69) is 4.98 Å². The van der Waals surface area contributed by atoms with E-state index in [1.165, 1.54) is 28.8 Å². The van der Waals surface area contributed by atoms with E-state index < -0.39 is 11.6 Å². The van der Waals surface area contributed by atoms with Crippen LogP contribution in [0.1, 0.15) is 0 Å². The van der Waals surface area contributed by atoms with E-state index in [1.807, 2.05) is 0 Å². The molecule has 0 atom stereocenters. The summed E-state index contributed by atoms with van der Waals surface area (Å²) in [6.45, 7) is 0. The summed E-state index contributed by atoms with van der Waals surface area (Å²) in [6.07, 6.45) is 0. The molecule has 2 N–H and O–H groups in total. The number of aromatic nitrogens is 2. The van der Waals surface area contributed by atoms with Gasteiger partial charge in [-0.2, -0.15) is 0 Å². The molecule has 0 aliphatic carbocycles. The second kappa shape index (κ2) is 4.61. The zero-order valence-electron chi connectivity index (χ0n) is 9.87. The number of hydrogen-bond donors (Lipinski definition) is 1. The Bertz CT molecular complexity index is 830. The smallest absolute Gasteiger partial charge is 0.206 e. The molecule has 0 aliphatic rings. The zero-order chi connectivity index (χ0) is 14.4. The van der Waals surface area contributed by atoms with Crippen LogP contribution in [-0.4, -0.2) is 9.55 Å². The fourth-order valence-electron chi connectivity index (χ4n) is 2.01. The molecule has 3 nitrogen and oxygen atoms in total. The lowest BCUT2D eigenvalue weighted by Gasteiger charge is -2.08. The van der Waals surface area contributed by atoms with Crippen molar-refractivity contribution >= 4 is 40.2 Å². The van der Waals surface area contributed by atoms with Gasteiger partial charge in [0.2, 0.25) is 5.95 Å². The number of fused-ring (bicyclic) bond motifs is 1. The van der Waals surface area contributed by atoms with Crippen LogP contribution < -0.4 is 5.73 Å². The molecule has 0 saturated carbocycles. The van der Waals surface area contributed by atoms with Gasteiger partial charge in [0, 0.05) is 0 Å². The number of hydrogen-bond acceptors (Lipinski definition) is 2. The Morgan fingerprint density at radius 2 is 1.80 bits per heavy atom. The van der Waals surface area contributed by atoms with E-state index in [9.17, 15) is 8.78 Å². The van der Waals surface area contributed by atoms with E-state index in [0.717, 1.165) is 6.07 Å². The van der Waals surface area contributed by atoms with Gasteiger partial charge in [-0.1, -0.05) is 29.3 Å². The highest BCUT2D eigenvalue weighted by molar-refractivity contribution is 6.42. The number of benzene rings is 2. The molecule has 0 aliphatic heterocycles. The van der Waals surface area contributed by atoms with Crippen LogP contribution in [0.5, 0.6) is 0 Å². The predicted molar refractivity (Wildman–Crippen MR) is 75.4 cm³/mol. The van der Waals surface area contributed by atoms with Gasteiger partial charge in [-0.3, -0.25) is 4.57 Å². The van der Waals surface area contributed by atoms with E-state index >= 15 is 0 Å². The lowest BCUT2D eigenvalue weighted by molar-refractivity contribution is 0.505. The third-order valence-corrected chi connectivity index (χ3v) is 3.62. The monoisotopic (exact) mass is 313 g/mol. The molecule has 102 valence electrons. The fourth-order valence-corrected chi connectivity index (χ4v) is 2.33. The molecule has 0 fully saturated rings. The van der Waals surface area contributed by atoms with E-state index in [1.54, 1.807) is 0 Å². The van der Waals surface area contributed by atoms with E-state index in [4.69, 9.17) is 28.9 Å². The molecule has 0 saturated heterocycles. The third-order valence-electron chi connectivity index (χ3n) is 2.89. The normalized spacial score (nSPS) is 11.2. The molecule has 0 bridgehead atoms. The van der Waals surface area contributed by atoms with Crippen molar-refractivity contribution in [1.82, 2.24) is 9.55 Å². The highest BCUT2D eigenvalue weighted by atomic mass is 35.5. The Kier molecular flexibility index (Phi) is 3.03. The lowest BCUT2D eigenvalue weighted by atomic mass is 10.2. The molecule has 7 heteroatoms. The first kappa shape index (κ1) is 13.1. The summed E-state index contributed by atoms with van der Waals surface area (Å²) >= 11 is 11.8. The minimum absolute atomic E-state index is 0.0165. The molecule has 3 aromatic rings. The summed E-state index contributed by atoms with van der Waals surface area (Å²) in [6, 6.07) is 6.84.